The Morgan fingerprint density at radius 3 is 2.44 bits per heavy atom. The lowest BCUT2D eigenvalue weighted by Crippen LogP contribution is -2.48. The van der Waals surface area contributed by atoms with Crippen molar-refractivity contribution in [2.24, 2.45) is 0 Å². The molecule has 0 atom stereocenters. The molecule has 1 amide bonds. The van der Waals surface area contributed by atoms with Crippen LogP contribution in [-0.4, -0.2) is 56.3 Å². The molecule has 2 aromatic rings. The second-order valence-electron chi connectivity index (χ2n) is 6.33. The van der Waals surface area contributed by atoms with E-state index in [1.54, 1.807) is 6.07 Å². The van der Waals surface area contributed by atoms with Crippen molar-refractivity contribution < 1.29 is 17.6 Å². The van der Waals surface area contributed by atoms with Gasteiger partial charge in [0.2, 0.25) is 10.0 Å². The number of nitrogens with one attached hydrogen (secondary N) is 1. The zero-order valence-electron chi connectivity index (χ0n) is 15.1. The summed E-state index contributed by atoms with van der Waals surface area (Å²) in [6, 6.07) is 11.4. The van der Waals surface area contributed by atoms with Crippen molar-refractivity contribution in [3.8, 4) is 0 Å². The van der Waals surface area contributed by atoms with Gasteiger partial charge >= 0.3 is 0 Å². The van der Waals surface area contributed by atoms with Crippen molar-refractivity contribution in [3.63, 3.8) is 0 Å². The molecule has 0 unspecified atom stereocenters. The van der Waals surface area contributed by atoms with Gasteiger partial charge in [-0.3, -0.25) is 4.79 Å². The van der Waals surface area contributed by atoms with Crippen LogP contribution in [0.3, 0.4) is 0 Å². The van der Waals surface area contributed by atoms with Crippen LogP contribution < -0.4 is 5.32 Å². The van der Waals surface area contributed by atoms with E-state index in [1.165, 1.54) is 46.8 Å². The summed E-state index contributed by atoms with van der Waals surface area (Å²) in [6.07, 6.45) is 0. The molecule has 0 spiro atoms. The minimum absolute atomic E-state index is 0.0827. The lowest BCUT2D eigenvalue weighted by molar-refractivity contribution is 0.102. The first-order chi connectivity index (χ1) is 12.9. The zero-order valence-corrected chi connectivity index (χ0v) is 15.9. The summed E-state index contributed by atoms with van der Waals surface area (Å²) in [4.78, 5) is 14.7. The number of sulfonamides is 1. The number of piperazine rings is 1. The number of hydrogen-bond acceptors (Lipinski definition) is 4. The Hall–Kier alpha value is -2.29. The van der Waals surface area contributed by atoms with E-state index in [0.29, 0.717) is 31.9 Å². The highest BCUT2D eigenvalue weighted by Crippen LogP contribution is 2.20. The third-order valence-electron chi connectivity index (χ3n) is 4.59. The van der Waals surface area contributed by atoms with Crippen LogP contribution in [0.5, 0.6) is 0 Å². The fourth-order valence-electron chi connectivity index (χ4n) is 3.00. The van der Waals surface area contributed by atoms with Crippen LogP contribution in [0.1, 0.15) is 17.3 Å². The monoisotopic (exact) mass is 391 g/mol. The van der Waals surface area contributed by atoms with Crippen molar-refractivity contribution in [1.82, 2.24) is 9.21 Å². The Morgan fingerprint density at radius 1 is 1.07 bits per heavy atom. The van der Waals surface area contributed by atoms with Gasteiger partial charge in [-0.15, -0.1) is 0 Å². The van der Waals surface area contributed by atoms with Crippen LogP contribution in [0.2, 0.25) is 0 Å². The largest absolute Gasteiger partial charge is 0.322 e. The highest BCUT2D eigenvalue weighted by atomic mass is 32.2. The van der Waals surface area contributed by atoms with Gasteiger partial charge in [0.15, 0.2) is 0 Å². The lowest BCUT2D eigenvalue weighted by Gasteiger charge is -2.33. The summed E-state index contributed by atoms with van der Waals surface area (Å²) in [6.45, 7) is 5.17. The standard InChI is InChI=1S/C19H22FN3O3S/c1-2-22-9-11-23(12-10-22)27(25,26)18-8-3-5-15(13-18)19(24)21-17-7-4-6-16(20)14-17/h3-8,13-14H,2,9-12H2,1H3,(H,21,24). The Bertz CT molecular complexity index is 925. The summed E-state index contributed by atoms with van der Waals surface area (Å²) in [7, 11) is -3.66. The Labute approximate surface area is 158 Å². The van der Waals surface area contributed by atoms with E-state index in [0.717, 1.165) is 6.54 Å². The maximum absolute atomic E-state index is 13.3. The van der Waals surface area contributed by atoms with Gasteiger partial charge in [0.1, 0.15) is 5.82 Å². The van der Waals surface area contributed by atoms with E-state index in [4.69, 9.17) is 0 Å². The van der Waals surface area contributed by atoms with E-state index in [2.05, 4.69) is 10.2 Å². The molecule has 1 heterocycles. The molecular weight excluding hydrogens is 369 g/mol. The minimum Gasteiger partial charge on any atom is -0.322 e. The molecule has 3 rings (SSSR count). The number of nitrogens with zero attached hydrogens (tertiary/aromatic N) is 2. The van der Waals surface area contributed by atoms with Crippen LogP contribution >= 0.6 is 0 Å². The van der Waals surface area contributed by atoms with E-state index in [9.17, 15) is 17.6 Å². The zero-order chi connectivity index (χ0) is 19.4. The van der Waals surface area contributed by atoms with Gasteiger partial charge < -0.3 is 10.2 Å². The highest BCUT2D eigenvalue weighted by molar-refractivity contribution is 7.89. The van der Waals surface area contributed by atoms with E-state index >= 15 is 0 Å². The molecule has 27 heavy (non-hydrogen) atoms. The third kappa shape index (κ3) is 4.52. The van der Waals surface area contributed by atoms with Gasteiger partial charge in [-0.2, -0.15) is 4.31 Å². The molecule has 0 radical (unpaired) electrons. The van der Waals surface area contributed by atoms with Gasteiger partial charge in [-0.1, -0.05) is 19.1 Å². The highest BCUT2D eigenvalue weighted by Gasteiger charge is 2.28. The van der Waals surface area contributed by atoms with Crippen LogP contribution in [0, 0.1) is 5.82 Å². The fraction of sp³-hybridized carbons (Fsp3) is 0.316. The number of benzene rings is 2. The second kappa shape index (κ2) is 8.16. The molecule has 1 saturated heterocycles. The van der Waals surface area contributed by atoms with Gasteiger partial charge in [-0.05, 0) is 42.9 Å². The number of amides is 1. The van der Waals surface area contributed by atoms with E-state index in [1.807, 2.05) is 6.92 Å². The molecule has 0 aromatic heterocycles. The first-order valence-corrected chi connectivity index (χ1v) is 10.2. The normalized spacial score (nSPS) is 16.2. The van der Waals surface area contributed by atoms with Crippen LogP contribution in [0.4, 0.5) is 10.1 Å². The smallest absolute Gasteiger partial charge is 0.255 e. The SMILES string of the molecule is CCN1CCN(S(=O)(=O)c2cccc(C(=O)Nc3cccc(F)c3)c2)CC1. The van der Waals surface area contributed by atoms with E-state index in [-0.39, 0.29) is 10.5 Å². The van der Waals surface area contributed by atoms with Gasteiger partial charge in [-0.25, -0.2) is 12.8 Å². The molecule has 8 heteroatoms. The molecule has 1 aliphatic rings. The molecule has 0 aliphatic carbocycles. The molecule has 2 aromatic carbocycles. The molecule has 0 saturated carbocycles. The number of hydrogen-bond donors (Lipinski definition) is 1. The number of rotatable bonds is 5. The molecule has 1 N–H and O–H groups in total. The number of halogens is 1. The maximum atomic E-state index is 13.3. The maximum Gasteiger partial charge on any atom is 0.255 e. The van der Waals surface area contributed by atoms with Gasteiger partial charge in [0, 0.05) is 37.4 Å². The molecular formula is C19H22FN3O3S. The minimum atomic E-state index is -3.66. The number of anilines is 1. The topological polar surface area (TPSA) is 69.7 Å². The van der Waals surface area contributed by atoms with Crippen molar-refractivity contribution in [3.05, 3.63) is 59.9 Å². The van der Waals surface area contributed by atoms with Crippen molar-refractivity contribution in [2.45, 2.75) is 11.8 Å². The fourth-order valence-corrected chi connectivity index (χ4v) is 4.47. The second-order valence-corrected chi connectivity index (χ2v) is 8.27. The van der Waals surface area contributed by atoms with Crippen molar-refractivity contribution in [2.75, 3.05) is 38.0 Å². The number of carbonyl (C=O) groups excluding carboxylic acids is 1. The summed E-state index contributed by atoms with van der Waals surface area (Å²) in [5.74, 6) is -0.955. The Balaban J connectivity index is 1.77. The molecule has 0 bridgehead atoms. The van der Waals surface area contributed by atoms with Crippen molar-refractivity contribution in [1.29, 1.82) is 0 Å². The molecule has 6 nitrogen and oxygen atoms in total. The molecule has 144 valence electrons. The Kier molecular flexibility index (Phi) is 5.88. The molecule has 1 aliphatic heterocycles. The quantitative estimate of drug-likeness (QED) is 0.850. The number of carbonyl (C=O) groups is 1. The first-order valence-electron chi connectivity index (χ1n) is 8.79. The van der Waals surface area contributed by atoms with Crippen LogP contribution in [0.15, 0.2) is 53.4 Å². The lowest BCUT2D eigenvalue weighted by atomic mass is 10.2. The third-order valence-corrected chi connectivity index (χ3v) is 6.49. The van der Waals surface area contributed by atoms with Crippen LogP contribution in [0.25, 0.3) is 0 Å². The number of likely N-dealkylation sites (N-methyl/N-ethyl adjacent to an activating group) is 1. The van der Waals surface area contributed by atoms with E-state index < -0.39 is 21.7 Å². The predicted molar refractivity (Wildman–Crippen MR) is 102 cm³/mol. The summed E-state index contributed by atoms with van der Waals surface area (Å²) >= 11 is 0. The summed E-state index contributed by atoms with van der Waals surface area (Å²) < 4.78 is 40.5. The molecule has 1 fully saturated rings. The Morgan fingerprint density at radius 2 is 1.78 bits per heavy atom. The predicted octanol–water partition coefficient (Wildman–Crippen LogP) is 2.40. The van der Waals surface area contributed by atoms with Crippen LogP contribution in [-0.2, 0) is 10.0 Å². The summed E-state index contributed by atoms with van der Waals surface area (Å²) in [5.41, 5.74) is 0.511. The van der Waals surface area contributed by atoms with Gasteiger partial charge in [0.25, 0.3) is 5.91 Å². The van der Waals surface area contributed by atoms with Gasteiger partial charge in [0.05, 0.1) is 4.90 Å². The first kappa shape index (κ1) is 19.5. The average Bonchev–Trinajstić information content (AvgIpc) is 2.68. The summed E-state index contributed by atoms with van der Waals surface area (Å²) in [5, 5.41) is 2.58. The van der Waals surface area contributed by atoms with Crippen molar-refractivity contribution >= 4 is 21.6 Å². The average molecular weight is 391 g/mol.